The minimum absolute atomic E-state index is 0. The van der Waals surface area contributed by atoms with Gasteiger partial charge >= 0.3 is 51.4 Å². The molecule has 0 aromatic heterocycles. The van der Waals surface area contributed by atoms with Gasteiger partial charge in [0.1, 0.15) is 0 Å². The van der Waals surface area contributed by atoms with Crippen molar-refractivity contribution < 1.29 is 59.8 Å². The average molecular weight is 217 g/mol. The van der Waals surface area contributed by atoms with E-state index in [0.29, 0.717) is 6.42 Å². The summed E-state index contributed by atoms with van der Waals surface area (Å²) >= 11 is 0. The molecule has 0 aromatic carbocycles. The van der Waals surface area contributed by atoms with Gasteiger partial charge in [-0.1, -0.05) is 33.1 Å². The molecular formula is C7H16KNO2S. The predicted octanol–water partition coefficient (Wildman–Crippen LogP) is -0.659. The summed E-state index contributed by atoms with van der Waals surface area (Å²) in [6, 6.07) is 0. The molecule has 0 rings (SSSR count). The maximum Gasteiger partial charge on any atom is 1.00 e. The van der Waals surface area contributed by atoms with Crippen molar-refractivity contribution in [3.63, 3.8) is 0 Å². The first kappa shape index (κ1) is 16.0. The van der Waals surface area contributed by atoms with Gasteiger partial charge in [0.2, 0.25) is 0 Å². The van der Waals surface area contributed by atoms with Gasteiger partial charge in [-0.15, -0.1) is 0 Å². The van der Waals surface area contributed by atoms with Crippen LogP contribution in [-0.4, -0.2) is 13.7 Å². The van der Waals surface area contributed by atoms with E-state index < -0.39 is 15.3 Å². The van der Waals surface area contributed by atoms with Crippen LogP contribution in [0.4, 0.5) is 0 Å². The molecule has 0 aliphatic heterocycles. The van der Waals surface area contributed by atoms with Crippen LogP contribution in [0.3, 0.4) is 0 Å². The van der Waals surface area contributed by atoms with E-state index in [1.54, 1.807) is 6.92 Å². The Labute approximate surface area is 118 Å². The van der Waals surface area contributed by atoms with E-state index in [2.05, 4.69) is 6.92 Å². The Morgan fingerprint density at radius 2 is 1.83 bits per heavy atom. The van der Waals surface area contributed by atoms with Gasteiger partial charge in [0.25, 0.3) is 0 Å². The van der Waals surface area contributed by atoms with Gasteiger partial charge in [0, 0.05) is 5.25 Å². The summed E-state index contributed by atoms with van der Waals surface area (Å²) in [4.78, 5) is 0. The van der Waals surface area contributed by atoms with Gasteiger partial charge in [-0.2, -0.15) is 0 Å². The second-order valence-electron chi connectivity index (χ2n) is 2.85. The summed E-state index contributed by atoms with van der Waals surface area (Å²) < 4.78 is 21.2. The number of sulfonamides is 1. The van der Waals surface area contributed by atoms with Crippen LogP contribution >= 0.6 is 0 Å². The Morgan fingerprint density at radius 3 is 2.17 bits per heavy atom. The van der Waals surface area contributed by atoms with Crippen LogP contribution in [0.1, 0.15) is 39.5 Å². The molecule has 0 radical (unpaired) electrons. The van der Waals surface area contributed by atoms with E-state index in [1.807, 2.05) is 0 Å². The van der Waals surface area contributed by atoms with E-state index in [0.717, 1.165) is 19.3 Å². The van der Waals surface area contributed by atoms with Crippen molar-refractivity contribution in [2.75, 3.05) is 0 Å². The number of hydrogen-bond acceptors (Lipinski definition) is 2. The minimum atomic E-state index is -3.53. The van der Waals surface area contributed by atoms with Crippen molar-refractivity contribution in [1.29, 1.82) is 0 Å². The second kappa shape index (κ2) is 7.90. The third kappa shape index (κ3) is 8.16. The quantitative estimate of drug-likeness (QED) is 0.453. The van der Waals surface area contributed by atoms with Gasteiger partial charge in [0.15, 0.2) is 0 Å². The Morgan fingerprint density at radius 1 is 1.33 bits per heavy atom. The molecule has 1 unspecified atom stereocenters. The van der Waals surface area contributed by atoms with E-state index in [-0.39, 0.29) is 51.4 Å². The summed E-state index contributed by atoms with van der Waals surface area (Å²) in [6.07, 6.45) is 3.68. The van der Waals surface area contributed by atoms with Gasteiger partial charge in [-0.3, -0.25) is 0 Å². The standard InChI is InChI=1S/C7H16NO2S.K/c1-3-4-5-6-7(2)11(8,9)10;/h7H,3-6H2,1-2H3,(H-,8,9,10);/q-1;+1. The Balaban J connectivity index is 0. The van der Waals surface area contributed by atoms with Crippen molar-refractivity contribution in [2.24, 2.45) is 0 Å². The molecule has 1 atom stereocenters. The van der Waals surface area contributed by atoms with Crippen molar-refractivity contribution in [1.82, 2.24) is 0 Å². The molecule has 0 aliphatic carbocycles. The molecule has 68 valence electrons. The number of rotatable bonds is 5. The molecule has 5 heteroatoms. The van der Waals surface area contributed by atoms with Crippen molar-refractivity contribution in [2.45, 2.75) is 44.8 Å². The van der Waals surface area contributed by atoms with E-state index in [4.69, 9.17) is 5.14 Å². The normalized spacial score (nSPS) is 13.6. The van der Waals surface area contributed by atoms with Gasteiger partial charge in [-0.25, -0.2) is 8.42 Å². The minimum Gasteiger partial charge on any atom is -0.564 e. The molecule has 0 bridgehead atoms. The zero-order valence-corrected chi connectivity index (χ0v) is 12.1. The van der Waals surface area contributed by atoms with E-state index in [1.165, 1.54) is 0 Å². The fourth-order valence-corrected chi connectivity index (χ4v) is 1.31. The van der Waals surface area contributed by atoms with Crippen LogP contribution in [0, 0.1) is 0 Å². The second-order valence-corrected chi connectivity index (χ2v) is 4.75. The molecule has 0 fully saturated rings. The molecule has 12 heavy (non-hydrogen) atoms. The number of nitrogens with one attached hydrogen (secondary N) is 1. The predicted molar refractivity (Wildman–Crippen MR) is 46.8 cm³/mol. The maximum atomic E-state index is 10.6. The first-order chi connectivity index (χ1) is 4.98. The zero-order valence-electron chi connectivity index (χ0n) is 8.13. The summed E-state index contributed by atoms with van der Waals surface area (Å²) in [5, 5.41) is 6.25. The van der Waals surface area contributed by atoms with Crippen LogP contribution in [0.5, 0.6) is 0 Å². The molecule has 0 saturated heterocycles. The van der Waals surface area contributed by atoms with Crippen LogP contribution in [-0.2, 0) is 10.0 Å². The Bertz CT molecular complexity index is 192. The zero-order chi connectivity index (χ0) is 8.91. The summed E-state index contributed by atoms with van der Waals surface area (Å²) in [5.41, 5.74) is 0. The maximum absolute atomic E-state index is 10.6. The van der Waals surface area contributed by atoms with Gasteiger partial charge in [-0.05, 0) is 6.42 Å². The van der Waals surface area contributed by atoms with E-state index in [9.17, 15) is 8.42 Å². The summed E-state index contributed by atoms with van der Waals surface area (Å²) in [5.74, 6) is 0. The Kier molecular flexibility index (Phi) is 10.5. The molecule has 0 aromatic rings. The molecule has 0 saturated carbocycles. The van der Waals surface area contributed by atoms with Gasteiger partial charge < -0.3 is 5.14 Å². The average Bonchev–Trinajstić information content (AvgIpc) is 1.86. The molecule has 3 nitrogen and oxygen atoms in total. The fraction of sp³-hybridized carbons (Fsp3) is 1.00. The van der Waals surface area contributed by atoms with Crippen molar-refractivity contribution in [3.8, 4) is 0 Å². The van der Waals surface area contributed by atoms with Crippen LogP contribution < -0.4 is 51.4 Å². The topological polar surface area (TPSA) is 57.9 Å². The SMILES string of the molecule is CCCCCC(C)S([NH-])(=O)=O.[K+]. The monoisotopic (exact) mass is 217 g/mol. The van der Waals surface area contributed by atoms with Crippen LogP contribution in [0.2, 0.25) is 0 Å². The van der Waals surface area contributed by atoms with Crippen LogP contribution in [0.15, 0.2) is 0 Å². The first-order valence-corrected chi connectivity index (χ1v) is 5.51. The third-order valence-electron chi connectivity index (χ3n) is 1.74. The fourth-order valence-electron chi connectivity index (χ4n) is 0.837. The third-order valence-corrected chi connectivity index (χ3v) is 3.04. The first-order valence-electron chi connectivity index (χ1n) is 3.97. The number of unbranched alkanes of at least 4 members (excludes halogenated alkanes) is 2. The van der Waals surface area contributed by atoms with Crippen LogP contribution in [0.25, 0.3) is 5.14 Å². The molecule has 0 aliphatic rings. The molecule has 0 amide bonds. The largest absolute Gasteiger partial charge is 1.00 e. The molecule has 1 N–H and O–H groups in total. The van der Waals surface area contributed by atoms with Crippen molar-refractivity contribution >= 4 is 10.0 Å². The summed E-state index contributed by atoms with van der Waals surface area (Å²) in [7, 11) is -3.53. The van der Waals surface area contributed by atoms with E-state index >= 15 is 0 Å². The van der Waals surface area contributed by atoms with Gasteiger partial charge in [0.05, 0.1) is 10.0 Å². The summed E-state index contributed by atoms with van der Waals surface area (Å²) in [6.45, 7) is 3.66. The molecular weight excluding hydrogens is 201 g/mol. The number of hydrogen-bond donors (Lipinski definition) is 0. The molecule has 0 spiro atoms. The Hall–Kier alpha value is 1.55. The molecule has 0 heterocycles. The smallest absolute Gasteiger partial charge is 0.564 e. The van der Waals surface area contributed by atoms with Crippen molar-refractivity contribution in [3.05, 3.63) is 5.14 Å².